The molecule has 3 heterocycles. The Bertz CT molecular complexity index is 1040. The van der Waals surface area contributed by atoms with E-state index in [0.29, 0.717) is 17.9 Å². The summed E-state index contributed by atoms with van der Waals surface area (Å²) < 4.78 is 53.8. The summed E-state index contributed by atoms with van der Waals surface area (Å²) in [6.07, 6.45) is -2.80. The minimum atomic E-state index is -4.49. The van der Waals surface area contributed by atoms with E-state index in [2.05, 4.69) is 17.1 Å². The van der Waals surface area contributed by atoms with Crippen LogP contribution in [-0.4, -0.2) is 37.9 Å². The Kier molecular flexibility index (Phi) is 5.08. The monoisotopic (exact) mass is 446 g/mol. The van der Waals surface area contributed by atoms with Gasteiger partial charge in [0.1, 0.15) is 11.5 Å². The second-order valence-electron chi connectivity index (χ2n) is 9.50. The highest BCUT2D eigenvalue weighted by molar-refractivity contribution is 5.81. The van der Waals surface area contributed by atoms with Gasteiger partial charge in [0.15, 0.2) is 0 Å². The van der Waals surface area contributed by atoms with Gasteiger partial charge in [-0.05, 0) is 81.1 Å². The average molecular weight is 447 g/mol. The van der Waals surface area contributed by atoms with Crippen LogP contribution in [0.4, 0.5) is 18.9 Å². The molecule has 0 saturated carbocycles. The molecule has 2 aromatic carbocycles. The Hall–Kier alpha value is -2.41. The van der Waals surface area contributed by atoms with Gasteiger partial charge in [-0.1, -0.05) is 6.07 Å². The normalized spacial score (nSPS) is 24.6. The molecular weight excluding hydrogens is 417 g/mol. The number of halogens is 3. The Balaban J connectivity index is 1.68. The van der Waals surface area contributed by atoms with Crippen LogP contribution in [0.5, 0.6) is 11.5 Å². The van der Waals surface area contributed by atoms with E-state index >= 15 is 0 Å². The van der Waals surface area contributed by atoms with Crippen LogP contribution >= 0.6 is 0 Å². The Morgan fingerprint density at radius 2 is 2.03 bits per heavy atom. The number of nitrogens with one attached hydrogen (secondary N) is 1. The van der Waals surface area contributed by atoms with Gasteiger partial charge in [0.2, 0.25) is 0 Å². The van der Waals surface area contributed by atoms with Gasteiger partial charge < -0.3 is 19.7 Å². The van der Waals surface area contributed by atoms with Crippen LogP contribution in [-0.2, 0) is 6.18 Å². The highest BCUT2D eigenvalue weighted by Crippen LogP contribution is 2.56. The maximum atomic E-state index is 14.1. The molecule has 0 aliphatic carbocycles. The fraction of sp³-hybridized carbons (Fsp3) is 0.520. The molecule has 7 heteroatoms. The zero-order chi connectivity index (χ0) is 22.7. The first-order valence-electron chi connectivity index (χ1n) is 11.4. The third-order valence-electron chi connectivity index (χ3n) is 7.04. The molecule has 0 aromatic heterocycles. The molecule has 0 spiro atoms. The summed E-state index contributed by atoms with van der Waals surface area (Å²) in [7, 11) is 0. The smallest absolute Gasteiger partial charge is 0.417 e. The van der Waals surface area contributed by atoms with Crippen molar-refractivity contribution in [3.63, 3.8) is 0 Å². The molecule has 32 heavy (non-hydrogen) atoms. The van der Waals surface area contributed by atoms with Gasteiger partial charge in [-0.25, -0.2) is 0 Å². The number of alkyl halides is 3. The largest absolute Gasteiger partial charge is 0.491 e. The molecule has 0 unspecified atom stereocenters. The molecule has 0 bridgehead atoms. The number of anilines is 1. The lowest BCUT2D eigenvalue weighted by molar-refractivity contribution is -0.137. The van der Waals surface area contributed by atoms with Crippen LogP contribution in [0.15, 0.2) is 30.3 Å². The zero-order valence-electron chi connectivity index (χ0n) is 18.7. The second-order valence-corrected chi connectivity index (χ2v) is 9.50. The molecule has 0 amide bonds. The van der Waals surface area contributed by atoms with E-state index in [1.165, 1.54) is 6.07 Å². The van der Waals surface area contributed by atoms with Crippen molar-refractivity contribution in [2.45, 2.75) is 57.3 Å². The SMILES string of the molecule is CC(C)Oc1ccc(-c2cc3c4c(c2)[C@@H]2CNCC[C@]2(C)N4CCCO3)c(C(F)(F)F)c1. The molecule has 172 valence electrons. The quantitative estimate of drug-likeness (QED) is 0.666. The summed E-state index contributed by atoms with van der Waals surface area (Å²) in [5.74, 6) is 1.13. The number of fused-ring (bicyclic) bond motifs is 3. The van der Waals surface area contributed by atoms with Crippen LogP contribution in [0.3, 0.4) is 0 Å². The van der Waals surface area contributed by atoms with E-state index in [1.807, 2.05) is 6.07 Å². The van der Waals surface area contributed by atoms with Crippen molar-refractivity contribution in [1.82, 2.24) is 5.32 Å². The summed E-state index contributed by atoms with van der Waals surface area (Å²) in [4.78, 5) is 2.45. The van der Waals surface area contributed by atoms with Crippen molar-refractivity contribution >= 4 is 5.69 Å². The van der Waals surface area contributed by atoms with Crippen molar-refractivity contribution in [2.24, 2.45) is 0 Å². The standard InChI is InChI=1S/C25H29F3N2O2/c1-15(2)32-17-5-6-18(20(13-17)25(26,27)28)16-11-19-21-14-29-8-7-24(21,3)30-9-4-10-31-22(12-16)23(19)30/h5-6,11-13,15,21,29H,4,7-10,14H2,1-3H3/t21-,24-/m0/s1. The minimum absolute atomic E-state index is 0.0452. The predicted molar refractivity (Wildman–Crippen MR) is 119 cm³/mol. The summed E-state index contributed by atoms with van der Waals surface area (Å²) in [5, 5.41) is 3.48. The highest BCUT2D eigenvalue weighted by Gasteiger charge is 2.51. The van der Waals surface area contributed by atoms with Gasteiger partial charge in [-0.15, -0.1) is 0 Å². The maximum absolute atomic E-state index is 14.1. The molecule has 1 N–H and O–H groups in total. The number of ether oxygens (including phenoxy) is 2. The number of nitrogens with zero attached hydrogens (tertiary/aromatic N) is 1. The van der Waals surface area contributed by atoms with Crippen LogP contribution in [0.2, 0.25) is 0 Å². The lowest BCUT2D eigenvalue weighted by Crippen LogP contribution is -2.54. The average Bonchev–Trinajstić information content (AvgIpc) is 2.85. The van der Waals surface area contributed by atoms with Gasteiger partial charge in [-0.3, -0.25) is 0 Å². The van der Waals surface area contributed by atoms with Gasteiger partial charge >= 0.3 is 6.18 Å². The van der Waals surface area contributed by atoms with E-state index in [0.717, 1.165) is 49.8 Å². The summed E-state index contributed by atoms with van der Waals surface area (Å²) in [6, 6.07) is 8.00. The molecular formula is C25H29F3N2O2. The number of piperidine rings is 1. The van der Waals surface area contributed by atoms with E-state index in [-0.39, 0.29) is 28.9 Å². The fourth-order valence-electron chi connectivity index (χ4n) is 5.58. The Labute approximate surface area is 186 Å². The summed E-state index contributed by atoms with van der Waals surface area (Å²) >= 11 is 0. The van der Waals surface area contributed by atoms with Gasteiger partial charge in [0, 0.05) is 24.5 Å². The lowest BCUT2D eigenvalue weighted by atomic mass is 9.78. The van der Waals surface area contributed by atoms with Crippen molar-refractivity contribution in [2.75, 3.05) is 31.1 Å². The summed E-state index contributed by atoms with van der Waals surface area (Å²) in [6.45, 7) is 9.11. The molecule has 1 fully saturated rings. The zero-order valence-corrected chi connectivity index (χ0v) is 18.7. The van der Waals surface area contributed by atoms with E-state index in [4.69, 9.17) is 9.47 Å². The van der Waals surface area contributed by atoms with E-state index in [9.17, 15) is 13.2 Å². The van der Waals surface area contributed by atoms with Crippen LogP contribution in [0, 0.1) is 0 Å². The third-order valence-corrected chi connectivity index (χ3v) is 7.04. The molecule has 0 radical (unpaired) electrons. The van der Waals surface area contributed by atoms with Crippen LogP contribution < -0.4 is 19.7 Å². The van der Waals surface area contributed by atoms with Crippen LogP contribution in [0.25, 0.3) is 11.1 Å². The van der Waals surface area contributed by atoms with Crippen molar-refractivity contribution < 1.29 is 22.6 Å². The topological polar surface area (TPSA) is 33.7 Å². The van der Waals surface area contributed by atoms with E-state index in [1.54, 1.807) is 26.0 Å². The van der Waals surface area contributed by atoms with Gasteiger partial charge in [0.25, 0.3) is 0 Å². The van der Waals surface area contributed by atoms with Crippen molar-refractivity contribution in [3.05, 3.63) is 41.5 Å². The second kappa shape index (κ2) is 7.58. The Morgan fingerprint density at radius 1 is 1.22 bits per heavy atom. The van der Waals surface area contributed by atoms with Crippen LogP contribution in [0.1, 0.15) is 50.7 Å². The first kappa shape index (κ1) is 21.4. The molecule has 1 saturated heterocycles. The third kappa shape index (κ3) is 3.41. The predicted octanol–water partition coefficient (Wildman–Crippen LogP) is 5.60. The van der Waals surface area contributed by atoms with Crippen molar-refractivity contribution in [1.29, 1.82) is 0 Å². The molecule has 2 aromatic rings. The molecule has 5 rings (SSSR count). The first-order chi connectivity index (χ1) is 15.2. The fourth-order valence-corrected chi connectivity index (χ4v) is 5.58. The lowest BCUT2D eigenvalue weighted by Gasteiger charge is -2.44. The number of hydrogen-bond donors (Lipinski definition) is 1. The molecule has 2 atom stereocenters. The first-order valence-corrected chi connectivity index (χ1v) is 11.4. The molecule has 3 aliphatic heterocycles. The summed E-state index contributed by atoms with van der Waals surface area (Å²) in [5.41, 5.74) is 2.12. The number of benzene rings is 2. The van der Waals surface area contributed by atoms with Gasteiger partial charge in [0.05, 0.1) is 24.0 Å². The number of rotatable bonds is 3. The minimum Gasteiger partial charge on any atom is -0.491 e. The van der Waals surface area contributed by atoms with Crippen molar-refractivity contribution in [3.8, 4) is 22.6 Å². The molecule has 4 nitrogen and oxygen atoms in total. The highest BCUT2D eigenvalue weighted by atomic mass is 19.4. The van der Waals surface area contributed by atoms with E-state index < -0.39 is 11.7 Å². The number of hydrogen-bond acceptors (Lipinski definition) is 4. The molecule has 3 aliphatic rings. The van der Waals surface area contributed by atoms with Gasteiger partial charge in [-0.2, -0.15) is 13.2 Å². The Morgan fingerprint density at radius 3 is 2.78 bits per heavy atom. The maximum Gasteiger partial charge on any atom is 0.417 e.